The number of hydrogen-bond donors (Lipinski definition) is 2. The predicted octanol–water partition coefficient (Wildman–Crippen LogP) is 0.115. The Morgan fingerprint density at radius 1 is 1.17 bits per heavy atom. The van der Waals surface area contributed by atoms with Crippen LogP contribution in [0.4, 0.5) is 0 Å². The van der Waals surface area contributed by atoms with Crippen molar-refractivity contribution in [3.05, 3.63) is 0 Å². The maximum Gasteiger partial charge on any atom is 0.241 e. The second-order valence-corrected chi connectivity index (χ2v) is 5.20. The molecule has 2 rings (SSSR count). The first-order valence-electron chi connectivity index (χ1n) is 7.03. The highest BCUT2D eigenvalue weighted by Gasteiger charge is 2.22. The third kappa shape index (κ3) is 3.70. The van der Waals surface area contributed by atoms with Gasteiger partial charge in [-0.2, -0.15) is 0 Å². The monoisotopic (exact) mass is 253 g/mol. The van der Waals surface area contributed by atoms with Crippen molar-refractivity contribution in [2.24, 2.45) is 5.92 Å². The van der Waals surface area contributed by atoms with Crippen LogP contribution in [0.5, 0.6) is 0 Å². The fourth-order valence-electron chi connectivity index (χ4n) is 2.64. The summed E-state index contributed by atoms with van der Waals surface area (Å²) in [6, 6.07) is 0. The summed E-state index contributed by atoms with van der Waals surface area (Å²) in [5.41, 5.74) is 0. The van der Waals surface area contributed by atoms with Crippen molar-refractivity contribution in [1.82, 2.24) is 15.5 Å². The molecular weight excluding hydrogens is 230 g/mol. The van der Waals surface area contributed by atoms with Crippen LogP contribution in [0.1, 0.15) is 32.1 Å². The zero-order valence-corrected chi connectivity index (χ0v) is 10.9. The van der Waals surface area contributed by atoms with Gasteiger partial charge in [0.2, 0.25) is 11.8 Å². The number of amides is 2. The van der Waals surface area contributed by atoms with Gasteiger partial charge in [0.25, 0.3) is 0 Å². The van der Waals surface area contributed by atoms with Crippen LogP contribution in [0.15, 0.2) is 0 Å². The number of nitrogens with one attached hydrogen (secondary N) is 2. The summed E-state index contributed by atoms with van der Waals surface area (Å²) in [6.07, 6.45) is 5.36. The van der Waals surface area contributed by atoms with Crippen molar-refractivity contribution < 1.29 is 9.59 Å². The molecule has 18 heavy (non-hydrogen) atoms. The molecule has 5 heteroatoms. The predicted molar refractivity (Wildman–Crippen MR) is 69.0 cm³/mol. The maximum absolute atomic E-state index is 11.9. The van der Waals surface area contributed by atoms with Crippen LogP contribution in [0.25, 0.3) is 0 Å². The Bertz CT molecular complexity index is 265. The lowest BCUT2D eigenvalue weighted by Gasteiger charge is -2.27. The topological polar surface area (TPSA) is 61.4 Å². The van der Waals surface area contributed by atoms with E-state index in [1.54, 1.807) is 0 Å². The Balaban J connectivity index is 1.69. The molecule has 0 aliphatic carbocycles. The lowest BCUT2D eigenvalue weighted by Crippen LogP contribution is -2.46. The minimum Gasteiger partial charge on any atom is -0.347 e. The molecule has 0 aromatic carbocycles. The molecule has 2 aliphatic heterocycles. The number of likely N-dealkylation sites (tertiary alicyclic amines) is 1. The zero-order chi connectivity index (χ0) is 12.8. The third-order valence-electron chi connectivity index (χ3n) is 3.79. The summed E-state index contributed by atoms with van der Waals surface area (Å²) in [5.74, 6) is 0.118. The van der Waals surface area contributed by atoms with Gasteiger partial charge in [0.15, 0.2) is 0 Å². The van der Waals surface area contributed by atoms with Crippen LogP contribution in [-0.4, -0.2) is 49.4 Å². The molecule has 0 radical (unpaired) electrons. The van der Waals surface area contributed by atoms with Crippen LogP contribution in [0.2, 0.25) is 0 Å². The van der Waals surface area contributed by atoms with Crippen molar-refractivity contribution in [3.8, 4) is 0 Å². The van der Waals surface area contributed by atoms with Crippen LogP contribution in [-0.2, 0) is 9.59 Å². The normalized spacial score (nSPS) is 24.7. The number of carbonyl (C=O) groups is 2. The van der Waals surface area contributed by atoms with Crippen molar-refractivity contribution in [2.45, 2.75) is 32.1 Å². The van der Waals surface area contributed by atoms with Crippen LogP contribution >= 0.6 is 0 Å². The minimum atomic E-state index is 0.0209. The highest BCUT2D eigenvalue weighted by atomic mass is 16.2. The average Bonchev–Trinajstić information content (AvgIpc) is 2.46. The summed E-state index contributed by atoms with van der Waals surface area (Å²) >= 11 is 0. The summed E-state index contributed by atoms with van der Waals surface area (Å²) in [5, 5.41) is 5.99. The van der Waals surface area contributed by atoms with Gasteiger partial charge in [-0.25, -0.2) is 0 Å². The molecule has 1 atom stereocenters. The third-order valence-corrected chi connectivity index (χ3v) is 3.79. The number of piperidine rings is 2. The zero-order valence-electron chi connectivity index (χ0n) is 10.9. The molecule has 2 heterocycles. The molecule has 1 unspecified atom stereocenters. The van der Waals surface area contributed by atoms with E-state index in [4.69, 9.17) is 0 Å². The van der Waals surface area contributed by atoms with Crippen LogP contribution < -0.4 is 10.6 Å². The molecule has 2 saturated heterocycles. The van der Waals surface area contributed by atoms with Gasteiger partial charge in [-0.15, -0.1) is 0 Å². The number of hydrogen-bond acceptors (Lipinski definition) is 3. The van der Waals surface area contributed by atoms with E-state index in [0.717, 1.165) is 51.9 Å². The van der Waals surface area contributed by atoms with Crippen LogP contribution in [0.3, 0.4) is 0 Å². The van der Waals surface area contributed by atoms with E-state index in [1.807, 2.05) is 4.90 Å². The molecular formula is C13H23N3O2. The molecule has 2 amide bonds. The largest absolute Gasteiger partial charge is 0.347 e. The van der Waals surface area contributed by atoms with E-state index in [0.29, 0.717) is 0 Å². The Morgan fingerprint density at radius 2 is 1.94 bits per heavy atom. The van der Waals surface area contributed by atoms with Gasteiger partial charge in [-0.3, -0.25) is 9.59 Å². The standard InChI is InChI=1S/C13H23N3O2/c17-12(16-7-2-1-3-8-16)10-15-13(18)11-5-4-6-14-9-11/h11,14H,1-10H2,(H,15,18). The van der Waals surface area contributed by atoms with Gasteiger partial charge in [-0.05, 0) is 38.6 Å². The smallest absolute Gasteiger partial charge is 0.241 e. The highest BCUT2D eigenvalue weighted by molar-refractivity contribution is 5.86. The van der Waals surface area contributed by atoms with Gasteiger partial charge >= 0.3 is 0 Å². The van der Waals surface area contributed by atoms with Crippen molar-refractivity contribution in [3.63, 3.8) is 0 Å². The number of carbonyl (C=O) groups excluding carboxylic acids is 2. The van der Waals surface area contributed by atoms with Gasteiger partial charge in [0.1, 0.15) is 0 Å². The highest BCUT2D eigenvalue weighted by Crippen LogP contribution is 2.10. The SMILES string of the molecule is O=C(NCC(=O)N1CCCCC1)C1CCCNC1. The van der Waals surface area contributed by atoms with Crippen molar-refractivity contribution in [2.75, 3.05) is 32.7 Å². The van der Waals surface area contributed by atoms with E-state index in [-0.39, 0.29) is 24.3 Å². The molecule has 5 nitrogen and oxygen atoms in total. The first kappa shape index (κ1) is 13.3. The Morgan fingerprint density at radius 3 is 2.61 bits per heavy atom. The number of rotatable bonds is 3. The first-order valence-corrected chi connectivity index (χ1v) is 7.03. The van der Waals surface area contributed by atoms with E-state index >= 15 is 0 Å². The molecule has 0 aromatic rings. The van der Waals surface area contributed by atoms with Gasteiger partial charge in [-0.1, -0.05) is 0 Å². The molecule has 2 fully saturated rings. The average molecular weight is 253 g/mol. The molecule has 2 N–H and O–H groups in total. The van der Waals surface area contributed by atoms with Crippen molar-refractivity contribution >= 4 is 11.8 Å². The van der Waals surface area contributed by atoms with E-state index in [1.165, 1.54) is 6.42 Å². The summed E-state index contributed by atoms with van der Waals surface area (Å²) < 4.78 is 0. The van der Waals surface area contributed by atoms with Gasteiger partial charge in [0, 0.05) is 19.6 Å². The van der Waals surface area contributed by atoms with Gasteiger partial charge < -0.3 is 15.5 Å². The summed E-state index contributed by atoms with van der Waals surface area (Å²) in [6.45, 7) is 3.59. The quantitative estimate of drug-likeness (QED) is 0.751. The summed E-state index contributed by atoms with van der Waals surface area (Å²) in [4.78, 5) is 25.6. The number of nitrogens with zero attached hydrogens (tertiary/aromatic N) is 1. The maximum atomic E-state index is 11.9. The lowest BCUT2D eigenvalue weighted by molar-refractivity contribution is -0.134. The first-order chi connectivity index (χ1) is 8.77. The minimum absolute atomic E-state index is 0.0209. The molecule has 2 aliphatic rings. The molecule has 0 spiro atoms. The molecule has 0 bridgehead atoms. The Hall–Kier alpha value is -1.10. The summed E-state index contributed by atoms with van der Waals surface area (Å²) in [7, 11) is 0. The van der Waals surface area contributed by atoms with E-state index in [2.05, 4.69) is 10.6 Å². The van der Waals surface area contributed by atoms with E-state index < -0.39 is 0 Å². The van der Waals surface area contributed by atoms with Crippen LogP contribution in [0, 0.1) is 5.92 Å². The second-order valence-electron chi connectivity index (χ2n) is 5.20. The molecule has 102 valence electrons. The molecule has 0 saturated carbocycles. The molecule has 0 aromatic heterocycles. The van der Waals surface area contributed by atoms with Crippen molar-refractivity contribution in [1.29, 1.82) is 0 Å². The second kappa shape index (κ2) is 6.73. The Kier molecular flexibility index (Phi) is 4.99. The van der Waals surface area contributed by atoms with E-state index in [9.17, 15) is 9.59 Å². The Labute approximate surface area is 108 Å². The van der Waals surface area contributed by atoms with Gasteiger partial charge in [0.05, 0.1) is 12.5 Å². The fraction of sp³-hybridized carbons (Fsp3) is 0.846. The fourth-order valence-corrected chi connectivity index (χ4v) is 2.64. The lowest BCUT2D eigenvalue weighted by atomic mass is 9.99.